The molecule has 1 fully saturated rings. The van der Waals surface area contributed by atoms with Crippen molar-refractivity contribution in [1.29, 1.82) is 0 Å². The number of rotatable bonds is 6. The van der Waals surface area contributed by atoms with Gasteiger partial charge in [-0.25, -0.2) is 0 Å². The molecule has 1 amide bonds. The van der Waals surface area contributed by atoms with E-state index in [-0.39, 0.29) is 5.91 Å². The van der Waals surface area contributed by atoms with Gasteiger partial charge in [0.15, 0.2) is 0 Å². The molecule has 0 aromatic rings. The van der Waals surface area contributed by atoms with E-state index >= 15 is 0 Å². The summed E-state index contributed by atoms with van der Waals surface area (Å²) in [7, 11) is 1.77. The van der Waals surface area contributed by atoms with Crippen molar-refractivity contribution in [3.63, 3.8) is 0 Å². The largest absolute Gasteiger partial charge is 0.381 e. The predicted molar refractivity (Wildman–Crippen MR) is 59.7 cm³/mol. The van der Waals surface area contributed by atoms with Gasteiger partial charge in [-0.05, 0) is 26.2 Å². The first-order chi connectivity index (χ1) is 7.26. The minimum absolute atomic E-state index is 0.131. The lowest BCUT2D eigenvalue weighted by atomic mass is 10.2. The lowest BCUT2D eigenvalue weighted by molar-refractivity contribution is -0.120. The fourth-order valence-electron chi connectivity index (χ4n) is 2.01. The summed E-state index contributed by atoms with van der Waals surface area (Å²) < 4.78 is 5.29. The first-order valence-electron chi connectivity index (χ1n) is 5.79. The molecule has 0 aromatic heterocycles. The highest BCUT2D eigenvalue weighted by Crippen LogP contribution is 2.21. The first-order valence-corrected chi connectivity index (χ1v) is 5.79. The molecule has 2 atom stereocenters. The smallest absolute Gasteiger partial charge is 0.221 e. The number of hydrogen-bond donors (Lipinski definition) is 2. The van der Waals surface area contributed by atoms with Gasteiger partial charge in [-0.2, -0.15) is 0 Å². The van der Waals surface area contributed by atoms with Gasteiger partial charge in [-0.3, -0.25) is 4.79 Å². The Morgan fingerprint density at radius 2 is 2.27 bits per heavy atom. The third-order valence-electron chi connectivity index (χ3n) is 2.88. The molecule has 0 bridgehead atoms. The first kappa shape index (κ1) is 12.5. The molecule has 0 spiro atoms. The summed E-state index contributed by atoms with van der Waals surface area (Å²) in [5, 5.41) is 6.18. The average Bonchev–Trinajstić information content (AvgIpc) is 2.66. The zero-order valence-corrected chi connectivity index (χ0v) is 9.71. The van der Waals surface area contributed by atoms with E-state index in [9.17, 15) is 4.79 Å². The van der Waals surface area contributed by atoms with Crippen molar-refractivity contribution in [2.75, 3.05) is 20.2 Å². The molecule has 2 unspecified atom stereocenters. The highest BCUT2D eigenvalue weighted by Gasteiger charge is 2.23. The molecule has 0 heterocycles. The average molecular weight is 214 g/mol. The van der Waals surface area contributed by atoms with Crippen LogP contribution in [0.1, 0.15) is 32.6 Å². The molecule has 1 rings (SSSR count). The quantitative estimate of drug-likeness (QED) is 0.683. The number of amides is 1. The van der Waals surface area contributed by atoms with Crippen LogP contribution in [0.5, 0.6) is 0 Å². The molecule has 4 nitrogen and oxygen atoms in total. The Kier molecular flexibility index (Phi) is 5.65. The molecule has 15 heavy (non-hydrogen) atoms. The molecule has 0 saturated heterocycles. The van der Waals surface area contributed by atoms with E-state index in [1.807, 2.05) is 6.92 Å². The third kappa shape index (κ3) is 4.62. The van der Waals surface area contributed by atoms with Crippen molar-refractivity contribution in [3.8, 4) is 0 Å². The number of nitrogens with one attached hydrogen (secondary N) is 2. The Morgan fingerprint density at radius 1 is 1.47 bits per heavy atom. The minimum atomic E-state index is 0.131. The summed E-state index contributed by atoms with van der Waals surface area (Å²) in [6.45, 7) is 3.42. The van der Waals surface area contributed by atoms with E-state index in [1.165, 1.54) is 0 Å². The highest BCUT2D eigenvalue weighted by atomic mass is 16.5. The fraction of sp³-hybridized carbons (Fsp3) is 0.909. The summed E-state index contributed by atoms with van der Waals surface area (Å²) >= 11 is 0. The summed E-state index contributed by atoms with van der Waals surface area (Å²) in [6, 6.07) is 0.532. The summed E-state index contributed by atoms with van der Waals surface area (Å²) in [4.78, 5) is 11.2. The molecule has 1 saturated carbocycles. The highest BCUT2D eigenvalue weighted by molar-refractivity contribution is 5.75. The molecule has 1 aliphatic carbocycles. The van der Waals surface area contributed by atoms with E-state index in [0.717, 1.165) is 25.8 Å². The second-order valence-electron chi connectivity index (χ2n) is 4.03. The van der Waals surface area contributed by atoms with Gasteiger partial charge in [0.1, 0.15) is 0 Å². The Hall–Kier alpha value is -0.610. The molecule has 0 radical (unpaired) electrons. The van der Waals surface area contributed by atoms with Crippen LogP contribution in [0.15, 0.2) is 0 Å². The number of methoxy groups -OCH3 is 1. The van der Waals surface area contributed by atoms with E-state index in [1.54, 1.807) is 7.11 Å². The second kappa shape index (κ2) is 6.80. The Labute approximate surface area is 91.8 Å². The van der Waals surface area contributed by atoms with Crippen LogP contribution >= 0.6 is 0 Å². The van der Waals surface area contributed by atoms with Gasteiger partial charge in [0.25, 0.3) is 0 Å². The van der Waals surface area contributed by atoms with Crippen LogP contribution < -0.4 is 10.6 Å². The van der Waals surface area contributed by atoms with Gasteiger partial charge in [-0.15, -0.1) is 0 Å². The molecule has 1 aliphatic rings. The summed E-state index contributed by atoms with van der Waals surface area (Å²) in [5.74, 6) is 0.131. The van der Waals surface area contributed by atoms with Gasteiger partial charge in [0.05, 0.1) is 6.10 Å². The van der Waals surface area contributed by atoms with Crippen LogP contribution in [-0.4, -0.2) is 38.3 Å². The summed E-state index contributed by atoms with van der Waals surface area (Å²) in [6.07, 6.45) is 4.35. The maximum atomic E-state index is 11.2. The minimum Gasteiger partial charge on any atom is -0.381 e. The van der Waals surface area contributed by atoms with E-state index < -0.39 is 0 Å². The summed E-state index contributed by atoms with van der Waals surface area (Å²) in [5.41, 5.74) is 0. The van der Waals surface area contributed by atoms with Gasteiger partial charge < -0.3 is 15.4 Å². The third-order valence-corrected chi connectivity index (χ3v) is 2.88. The zero-order chi connectivity index (χ0) is 11.1. The van der Waals surface area contributed by atoms with Gasteiger partial charge >= 0.3 is 0 Å². The molecule has 0 aliphatic heterocycles. The molecule has 4 heteroatoms. The molecular formula is C11H22N2O2. The lowest BCUT2D eigenvalue weighted by Crippen LogP contribution is -2.32. The maximum absolute atomic E-state index is 11.2. The number of hydrogen-bond acceptors (Lipinski definition) is 3. The van der Waals surface area contributed by atoms with Crippen LogP contribution in [0.3, 0.4) is 0 Å². The van der Waals surface area contributed by atoms with Crippen molar-refractivity contribution < 1.29 is 9.53 Å². The lowest BCUT2D eigenvalue weighted by Gasteiger charge is -2.12. The van der Waals surface area contributed by atoms with Gasteiger partial charge in [0.2, 0.25) is 5.91 Å². The molecule has 0 aromatic carbocycles. The predicted octanol–water partition coefficient (Wildman–Crippen LogP) is 0.670. The van der Waals surface area contributed by atoms with Crippen molar-refractivity contribution >= 4 is 5.91 Å². The van der Waals surface area contributed by atoms with E-state index in [4.69, 9.17) is 4.74 Å². The second-order valence-corrected chi connectivity index (χ2v) is 4.03. The zero-order valence-electron chi connectivity index (χ0n) is 9.71. The van der Waals surface area contributed by atoms with Gasteiger partial charge in [-0.1, -0.05) is 0 Å². The maximum Gasteiger partial charge on any atom is 0.221 e. The number of carbonyl (C=O) groups excluding carboxylic acids is 1. The van der Waals surface area contributed by atoms with Crippen molar-refractivity contribution in [2.45, 2.75) is 44.8 Å². The SMILES string of the molecule is CCNC(=O)CCNC1CCC(OC)C1. The van der Waals surface area contributed by atoms with Crippen LogP contribution in [0, 0.1) is 0 Å². The van der Waals surface area contributed by atoms with E-state index in [0.29, 0.717) is 25.1 Å². The van der Waals surface area contributed by atoms with E-state index in [2.05, 4.69) is 10.6 Å². The normalized spacial score (nSPS) is 25.5. The number of ether oxygens (including phenoxy) is 1. The van der Waals surface area contributed by atoms with Crippen molar-refractivity contribution in [3.05, 3.63) is 0 Å². The molecule has 2 N–H and O–H groups in total. The van der Waals surface area contributed by atoms with Crippen molar-refractivity contribution in [2.24, 2.45) is 0 Å². The van der Waals surface area contributed by atoms with Crippen LogP contribution in [0.4, 0.5) is 0 Å². The van der Waals surface area contributed by atoms with Crippen LogP contribution in [0.25, 0.3) is 0 Å². The molecular weight excluding hydrogens is 192 g/mol. The monoisotopic (exact) mass is 214 g/mol. The van der Waals surface area contributed by atoms with Crippen LogP contribution in [0.2, 0.25) is 0 Å². The Morgan fingerprint density at radius 3 is 2.87 bits per heavy atom. The Balaban J connectivity index is 2.03. The fourth-order valence-corrected chi connectivity index (χ4v) is 2.01. The van der Waals surface area contributed by atoms with Crippen LogP contribution in [-0.2, 0) is 9.53 Å². The topological polar surface area (TPSA) is 50.4 Å². The van der Waals surface area contributed by atoms with Crippen molar-refractivity contribution in [1.82, 2.24) is 10.6 Å². The Bertz CT molecular complexity index is 197. The standard InChI is InChI=1S/C11H22N2O2/c1-3-12-11(14)6-7-13-9-4-5-10(8-9)15-2/h9-10,13H,3-8H2,1-2H3,(H,12,14). The number of carbonyl (C=O) groups is 1. The molecule has 88 valence electrons. The van der Waals surface area contributed by atoms with Gasteiger partial charge in [0, 0.05) is 32.7 Å².